The van der Waals surface area contributed by atoms with E-state index < -0.39 is 5.97 Å². The summed E-state index contributed by atoms with van der Waals surface area (Å²) in [6, 6.07) is 17.7. The van der Waals surface area contributed by atoms with Gasteiger partial charge in [0.25, 0.3) is 0 Å². The molecule has 0 saturated carbocycles. The molecule has 1 aromatic heterocycles. The summed E-state index contributed by atoms with van der Waals surface area (Å²) in [5.41, 5.74) is 3.15. The molecule has 4 heteroatoms. The number of carbonyl (C=O) groups is 1. The third-order valence-corrected chi connectivity index (χ3v) is 3.65. The molecule has 3 rings (SSSR count). The van der Waals surface area contributed by atoms with Crippen molar-refractivity contribution < 1.29 is 9.90 Å². The van der Waals surface area contributed by atoms with Crippen molar-refractivity contribution >= 4 is 5.97 Å². The fraction of sp³-hybridized carbons (Fsp3) is 0.111. The summed E-state index contributed by atoms with van der Waals surface area (Å²) in [6.07, 6.45) is 4.94. The first-order chi connectivity index (χ1) is 10.7. The lowest BCUT2D eigenvalue weighted by Gasteiger charge is -2.20. The Morgan fingerprint density at radius 3 is 2.32 bits per heavy atom. The van der Waals surface area contributed by atoms with Gasteiger partial charge in [-0.25, -0.2) is 4.98 Å². The molecule has 3 aromatic rings. The lowest BCUT2D eigenvalue weighted by atomic mass is 9.99. The van der Waals surface area contributed by atoms with E-state index in [1.165, 1.54) is 0 Å². The molecule has 0 saturated heterocycles. The van der Waals surface area contributed by atoms with Gasteiger partial charge in [0.2, 0.25) is 0 Å². The van der Waals surface area contributed by atoms with Crippen LogP contribution in [0.2, 0.25) is 0 Å². The second-order valence-electron chi connectivity index (χ2n) is 5.09. The number of nitrogens with zero attached hydrogens (tertiary/aromatic N) is 2. The second kappa shape index (κ2) is 6.26. The molecule has 2 aromatic carbocycles. The SMILES string of the molecule is O=C([O-])CC(c1ccc(-c2ccccc2)cc1)n1ccnc1. The van der Waals surface area contributed by atoms with Gasteiger partial charge in [0, 0.05) is 24.8 Å². The van der Waals surface area contributed by atoms with Gasteiger partial charge < -0.3 is 14.5 Å². The number of hydrogen-bond acceptors (Lipinski definition) is 3. The van der Waals surface area contributed by atoms with Crippen LogP contribution in [-0.2, 0) is 4.79 Å². The molecule has 0 spiro atoms. The maximum absolute atomic E-state index is 11.0. The van der Waals surface area contributed by atoms with E-state index in [4.69, 9.17) is 0 Å². The molecule has 0 aliphatic rings. The topological polar surface area (TPSA) is 57.9 Å². The first kappa shape index (κ1) is 14.1. The van der Waals surface area contributed by atoms with Crippen LogP contribution in [0.15, 0.2) is 73.3 Å². The maximum Gasteiger partial charge on any atom is 0.0951 e. The van der Waals surface area contributed by atoms with Gasteiger partial charge in [-0.1, -0.05) is 54.6 Å². The molecule has 22 heavy (non-hydrogen) atoms. The molecule has 1 heterocycles. The summed E-state index contributed by atoms with van der Waals surface area (Å²) in [5.74, 6) is -1.08. The smallest absolute Gasteiger partial charge is 0.0951 e. The highest BCUT2D eigenvalue weighted by molar-refractivity contribution is 5.66. The summed E-state index contributed by atoms with van der Waals surface area (Å²) in [6.45, 7) is 0. The van der Waals surface area contributed by atoms with Crippen LogP contribution in [0.1, 0.15) is 18.0 Å². The normalized spacial score (nSPS) is 12.0. The third-order valence-electron chi connectivity index (χ3n) is 3.65. The van der Waals surface area contributed by atoms with E-state index in [9.17, 15) is 9.90 Å². The van der Waals surface area contributed by atoms with Crippen LogP contribution in [0.25, 0.3) is 11.1 Å². The van der Waals surface area contributed by atoms with Crippen molar-refractivity contribution in [1.29, 1.82) is 0 Å². The summed E-state index contributed by atoms with van der Waals surface area (Å²) in [7, 11) is 0. The summed E-state index contributed by atoms with van der Waals surface area (Å²) >= 11 is 0. The number of benzene rings is 2. The van der Waals surface area contributed by atoms with Crippen molar-refractivity contribution in [1.82, 2.24) is 9.55 Å². The summed E-state index contributed by atoms with van der Waals surface area (Å²) < 4.78 is 1.79. The highest BCUT2D eigenvalue weighted by Gasteiger charge is 2.13. The van der Waals surface area contributed by atoms with Gasteiger partial charge in [0.1, 0.15) is 0 Å². The molecule has 1 atom stereocenters. The zero-order valence-electron chi connectivity index (χ0n) is 11.9. The monoisotopic (exact) mass is 291 g/mol. The largest absolute Gasteiger partial charge is 0.550 e. The van der Waals surface area contributed by atoms with Crippen molar-refractivity contribution in [2.45, 2.75) is 12.5 Å². The Morgan fingerprint density at radius 2 is 1.73 bits per heavy atom. The van der Waals surface area contributed by atoms with Crippen LogP contribution in [0.4, 0.5) is 0 Å². The second-order valence-corrected chi connectivity index (χ2v) is 5.09. The number of imidazole rings is 1. The number of carboxylic acids is 1. The molecule has 0 fully saturated rings. The number of aromatic nitrogens is 2. The van der Waals surface area contributed by atoms with Crippen LogP contribution in [0, 0.1) is 0 Å². The average molecular weight is 291 g/mol. The van der Waals surface area contributed by atoms with Crippen LogP contribution in [0.3, 0.4) is 0 Å². The fourth-order valence-corrected chi connectivity index (χ4v) is 2.54. The van der Waals surface area contributed by atoms with Crippen LogP contribution < -0.4 is 5.11 Å². The zero-order chi connectivity index (χ0) is 15.4. The molecule has 0 N–H and O–H groups in total. The molecule has 0 aliphatic carbocycles. The van der Waals surface area contributed by atoms with E-state index >= 15 is 0 Å². The quantitative estimate of drug-likeness (QED) is 0.724. The minimum atomic E-state index is -1.08. The van der Waals surface area contributed by atoms with Gasteiger partial charge in [-0.2, -0.15) is 0 Å². The summed E-state index contributed by atoms with van der Waals surface area (Å²) in [5, 5.41) is 11.0. The first-order valence-corrected chi connectivity index (χ1v) is 7.07. The van der Waals surface area contributed by atoms with E-state index in [1.807, 2.05) is 54.6 Å². The number of carboxylic acid groups (broad SMARTS) is 1. The average Bonchev–Trinajstić information content (AvgIpc) is 3.08. The van der Waals surface area contributed by atoms with Gasteiger partial charge in [0.05, 0.1) is 12.4 Å². The zero-order valence-corrected chi connectivity index (χ0v) is 11.9. The maximum atomic E-state index is 11.0. The van der Waals surface area contributed by atoms with Gasteiger partial charge >= 0.3 is 0 Å². The van der Waals surface area contributed by atoms with Crippen molar-refractivity contribution in [3.8, 4) is 11.1 Å². The van der Waals surface area contributed by atoms with Crippen molar-refractivity contribution in [3.63, 3.8) is 0 Å². The molecule has 0 aliphatic heterocycles. The fourth-order valence-electron chi connectivity index (χ4n) is 2.54. The number of aliphatic carboxylic acids is 1. The molecular formula is C18H15N2O2-. The van der Waals surface area contributed by atoms with Crippen molar-refractivity contribution in [2.24, 2.45) is 0 Å². The van der Waals surface area contributed by atoms with E-state index in [0.29, 0.717) is 0 Å². The molecular weight excluding hydrogens is 276 g/mol. The van der Waals surface area contributed by atoms with E-state index in [-0.39, 0.29) is 12.5 Å². The molecule has 4 nitrogen and oxygen atoms in total. The number of carbonyl (C=O) groups excluding carboxylic acids is 1. The van der Waals surface area contributed by atoms with Gasteiger partial charge in [-0.15, -0.1) is 0 Å². The third kappa shape index (κ3) is 3.06. The highest BCUT2D eigenvalue weighted by Crippen LogP contribution is 2.25. The van der Waals surface area contributed by atoms with Gasteiger partial charge in [-0.05, 0) is 16.7 Å². The minimum absolute atomic E-state index is 0.0823. The Hall–Kier alpha value is -2.88. The van der Waals surface area contributed by atoms with Crippen LogP contribution >= 0.6 is 0 Å². The first-order valence-electron chi connectivity index (χ1n) is 7.07. The lowest BCUT2D eigenvalue weighted by molar-refractivity contribution is -0.306. The minimum Gasteiger partial charge on any atom is -0.550 e. The standard InChI is InChI=1S/C18H16N2O2/c21-18(22)12-17(20-11-10-19-13-20)16-8-6-15(7-9-16)14-4-2-1-3-5-14/h1-11,13,17H,12H2,(H,21,22)/p-1. The van der Waals surface area contributed by atoms with E-state index in [2.05, 4.69) is 4.98 Å². The number of hydrogen-bond donors (Lipinski definition) is 0. The Labute approximate surface area is 128 Å². The van der Waals surface area contributed by atoms with Crippen molar-refractivity contribution in [3.05, 3.63) is 78.9 Å². The predicted molar refractivity (Wildman–Crippen MR) is 81.9 cm³/mol. The number of rotatable bonds is 5. The predicted octanol–water partition coefficient (Wildman–Crippen LogP) is 2.28. The molecule has 0 amide bonds. The lowest BCUT2D eigenvalue weighted by Crippen LogP contribution is -2.26. The van der Waals surface area contributed by atoms with Crippen LogP contribution in [-0.4, -0.2) is 15.5 Å². The Kier molecular flexibility index (Phi) is 4.01. The molecule has 1 unspecified atom stereocenters. The van der Waals surface area contributed by atoms with Crippen LogP contribution in [0.5, 0.6) is 0 Å². The Bertz CT molecular complexity index is 735. The van der Waals surface area contributed by atoms with E-state index in [0.717, 1.165) is 16.7 Å². The van der Waals surface area contributed by atoms with E-state index in [1.54, 1.807) is 23.3 Å². The Morgan fingerprint density at radius 1 is 1.05 bits per heavy atom. The van der Waals surface area contributed by atoms with Crippen molar-refractivity contribution in [2.75, 3.05) is 0 Å². The highest BCUT2D eigenvalue weighted by atomic mass is 16.4. The molecule has 0 radical (unpaired) electrons. The van der Waals surface area contributed by atoms with Gasteiger partial charge in [0.15, 0.2) is 0 Å². The van der Waals surface area contributed by atoms with Gasteiger partial charge in [-0.3, -0.25) is 0 Å². The molecule has 110 valence electrons. The Balaban J connectivity index is 1.91. The molecule has 0 bridgehead atoms. The summed E-state index contributed by atoms with van der Waals surface area (Å²) in [4.78, 5) is 15.0.